The van der Waals surface area contributed by atoms with Gasteiger partial charge < -0.3 is 14.0 Å². The molecule has 0 bridgehead atoms. The van der Waals surface area contributed by atoms with Crippen molar-refractivity contribution < 1.29 is 27.3 Å². The predicted molar refractivity (Wildman–Crippen MR) is 212 cm³/mol. The Morgan fingerprint density at radius 2 is 1.56 bits per heavy atom. The monoisotopic (exact) mass is 880 g/mol. The molecule has 0 atom stereocenters. The van der Waals surface area contributed by atoms with E-state index in [2.05, 4.69) is 64.5 Å². The maximum Gasteiger partial charge on any atom is 0.216 e. The van der Waals surface area contributed by atoms with E-state index in [0.717, 1.165) is 72.3 Å². The van der Waals surface area contributed by atoms with E-state index in [1.54, 1.807) is 0 Å². The first-order valence-electron chi connectivity index (χ1n) is 18.3. The third-order valence-electron chi connectivity index (χ3n) is 8.69. The van der Waals surface area contributed by atoms with Gasteiger partial charge in [-0.1, -0.05) is 68.2 Å². The molecule has 52 heavy (non-hydrogen) atoms. The van der Waals surface area contributed by atoms with Gasteiger partial charge in [-0.2, -0.15) is 0 Å². The average Bonchev–Trinajstić information content (AvgIpc) is 3.69. The molecule has 8 heteroatoms. The number of hydrogen-bond acceptors (Lipinski definition) is 5. The van der Waals surface area contributed by atoms with Crippen molar-refractivity contribution in [2.75, 3.05) is 0 Å². The molecule has 0 aliphatic heterocycles. The van der Waals surface area contributed by atoms with Crippen molar-refractivity contribution >= 4 is 46.4 Å². The zero-order chi connectivity index (χ0) is 37.7. The molecule has 0 spiro atoms. The molecule has 265 valence electrons. The summed E-state index contributed by atoms with van der Waals surface area (Å²) in [5.41, 5.74) is 10.5. The first kappa shape index (κ1) is 34.3. The van der Waals surface area contributed by atoms with E-state index in [-0.39, 0.29) is 26.0 Å². The number of fused-ring (bicyclic) bond motifs is 4. The summed E-state index contributed by atoms with van der Waals surface area (Å²) in [4.78, 5) is 18.6. The minimum absolute atomic E-state index is 0. The molecule has 0 unspecified atom stereocenters. The van der Waals surface area contributed by atoms with Crippen LogP contribution < -0.4 is 5.19 Å². The third-order valence-corrected chi connectivity index (χ3v) is 10.7. The van der Waals surface area contributed by atoms with Crippen LogP contribution in [-0.2, 0) is 26.5 Å². The van der Waals surface area contributed by atoms with Gasteiger partial charge in [-0.15, -0.1) is 54.1 Å². The van der Waals surface area contributed by atoms with Gasteiger partial charge in [0.1, 0.15) is 0 Å². The second-order valence-corrected chi connectivity index (χ2v) is 19.3. The minimum Gasteiger partial charge on any atom is -0.486 e. The number of para-hydroxylation sites is 2. The van der Waals surface area contributed by atoms with Gasteiger partial charge >= 0.3 is 0 Å². The van der Waals surface area contributed by atoms with Gasteiger partial charge in [0.25, 0.3) is 0 Å². The second-order valence-electron chi connectivity index (χ2n) is 14.3. The second kappa shape index (κ2) is 15.1. The molecule has 8 rings (SSSR count). The van der Waals surface area contributed by atoms with Crippen molar-refractivity contribution in [3.63, 3.8) is 0 Å². The molecule has 3 aromatic carbocycles. The number of nitrogens with zero attached hydrogens (tertiary/aromatic N) is 5. The van der Waals surface area contributed by atoms with Gasteiger partial charge in [-0.3, -0.25) is 9.97 Å². The Bertz CT molecular complexity index is 2590. The minimum atomic E-state index is -1.79. The molecule has 0 saturated heterocycles. The summed E-state index contributed by atoms with van der Waals surface area (Å²) < 4.78 is 25.9. The van der Waals surface area contributed by atoms with Crippen molar-refractivity contribution in [1.29, 1.82) is 0 Å². The summed E-state index contributed by atoms with van der Waals surface area (Å²) in [6, 6.07) is 36.6. The van der Waals surface area contributed by atoms with Crippen molar-refractivity contribution in [2.24, 2.45) is 5.92 Å². The standard InChI is InChI=1S/C24H27N2OSi.C20H16N3.Ir/c1-15(2)12-17-13-21(25-14-22(17)28(4,5)6)20-9-7-8-18-19-11-10-16(3)26-24(19)27-23(18)20;1-14-12-17(13-15(2)21-14)23-19-11-7-6-10-18(19)22-20(23)16-8-4-3-5-9-16;/h7-8,10-11,13-15H,12H2,1-6H3;3-8,10-13H,1-2H3;/q2*-1;/i12D2;;. The number of aryl methyl sites for hydroxylation is 3. The molecular formula is C44H43IrN5OSi-2. The number of pyridine rings is 3. The molecule has 1 radical (unpaired) electrons. The number of furan rings is 1. The Labute approximate surface area is 323 Å². The van der Waals surface area contributed by atoms with E-state index in [1.165, 1.54) is 0 Å². The average molecular weight is 880 g/mol. The number of rotatable bonds is 6. The Kier molecular flexibility index (Phi) is 9.96. The normalized spacial score (nSPS) is 12.4. The van der Waals surface area contributed by atoms with Gasteiger partial charge in [-0.25, -0.2) is 4.98 Å². The number of imidazole rings is 1. The molecule has 0 amide bonds. The summed E-state index contributed by atoms with van der Waals surface area (Å²) in [5.74, 6) is 0.748. The van der Waals surface area contributed by atoms with Crippen LogP contribution in [0.1, 0.15) is 39.2 Å². The zero-order valence-electron chi connectivity index (χ0n) is 32.8. The fourth-order valence-corrected chi connectivity index (χ4v) is 7.87. The maximum atomic E-state index is 8.79. The number of aromatic nitrogens is 5. The van der Waals surface area contributed by atoms with Crippen LogP contribution in [0.3, 0.4) is 0 Å². The first-order chi connectivity index (χ1) is 25.2. The van der Waals surface area contributed by atoms with Crippen LogP contribution in [0.25, 0.3) is 61.4 Å². The molecule has 0 fully saturated rings. The van der Waals surface area contributed by atoms with Gasteiger partial charge in [0.05, 0.1) is 30.5 Å². The van der Waals surface area contributed by atoms with Crippen LogP contribution in [0.2, 0.25) is 19.6 Å². The van der Waals surface area contributed by atoms with E-state index in [0.29, 0.717) is 17.0 Å². The maximum absolute atomic E-state index is 8.79. The quantitative estimate of drug-likeness (QED) is 0.123. The largest absolute Gasteiger partial charge is 0.486 e. The zero-order valence-corrected chi connectivity index (χ0v) is 34.2. The van der Waals surface area contributed by atoms with E-state index < -0.39 is 14.4 Å². The third kappa shape index (κ3) is 7.56. The van der Waals surface area contributed by atoms with Crippen LogP contribution in [0.5, 0.6) is 0 Å². The molecule has 5 aromatic heterocycles. The molecule has 5 heterocycles. The van der Waals surface area contributed by atoms with Gasteiger partial charge in [-0.05, 0) is 80.3 Å². The topological polar surface area (TPSA) is 69.6 Å². The van der Waals surface area contributed by atoms with Gasteiger partial charge in [0.15, 0.2) is 0 Å². The summed E-state index contributed by atoms with van der Waals surface area (Å²) in [6.45, 7) is 16.5. The summed E-state index contributed by atoms with van der Waals surface area (Å²) >= 11 is 0. The predicted octanol–water partition coefficient (Wildman–Crippen LogP) is 10.4. The Morgan fingerprint density at radius 1 is 0.808 bits per heavy atom. The van der Waals surface area contributed by atoms with Crippen molar-refractivity contribution in [3.05, 3.63) is 132 Å². The smallest absolute Gasteiger partial charge is 0.216 e. The van der Waals surface area contributed by atoms with E-state index >= 15 is 0 Å². The van der Waals surface area contributed by atoms with Crippen LogP contribution in [-0.4, -0.2) is 32.6 Å². The van der Waals surface area contributed by atoms with E-state index in [1.807, 2.05) is 114 Å². The van der Waals surface area contributed by atoms with E-state index in [9.17, 15) is 0 Å². The fraction of sp³-hybridized carbons (Fsp3) is 0.227. The van der Waals surface area contributed by atoms with Crippen molar-refractivity contribution in [2.45, 2.75) is 60.6 Å². The number of benzene rings is 3. The Morgan fingerprint density at radius 3 is 2.27 bits per heavy atom. The SMILES string of the molecule is Cc1cc(-n2c(-c3[c-]cccc3)nc3ccccc32)cc(C)n1.[2H]C([2H])(c1cc(-c2[c-]ccc3c2oc2nc(C)ccc23)ncc1[Si](C)(C)C)C(C)C.[Ir]. The summed E-state index contributed by atoms with van der Waals surface area (Å²) in [5, 5.41) is 2.98. The van der Waals surface area contributed by atoms with Crippen molar-refractivity contribution in [1.82, 2.24) is 24.5 Å². The summed E-state index contributed by atoms with van der Waals surface area (Å²) in [7, 11) is -1.79. The van der Waals surface area contributed by atoms with Crippen LogP contribution in [0.4, 0.5) is 0 Å². The molecule has 0 saturated carbocycles. The van der Waals surface area contributed by atoms with Crippen molar-refractivity contribution in [3.8, 4) is 28.3 Å². The Hall–Kier alpha value is -4.75. The van der Waals surface area contributed by atoms with E-state index in [4.69, 9.17) is 17.1 Å². The molecule has 0 N–H and O–H groups in total. The molecule has 0 aliphatic rings. The Balaban J connectivity index is 0.000000187. The molecule has 8 aromatic rings. The summed E-state index contributed by atoms with van der Waals surface area (Å²) in [6.07, 6.45) is 0.419. The van der Waals surface area contributed by atoms with Gasteiger partial charge in [0, 0.05) is 57.2 Å². The first-order valence-corrected chi connectivity index (χ1v) is 20.8. The van der Waals surface area contributed by atoms with Crippen LogP contribution in [0.15, 0.2) is 102 Å². The molecular weight excluding hydrogens is 835 g/mol. The number of hydrogen-bond donors (Lipinski definition) is 0. The van der Waals surface area contributed by atoms with Crippen LogP contribution in [0, 0.1) is 38.8 Å². The fourth-order valence-electron chi connectivity index (χ4n) is 6.47. The van der Waals surface area contributed by atoms with Gasteiger partial charge in [0.2, 0.25) is 5.71 Å². The van der Waals surface area contributed by atoms with Crippen LogP contribution >= 0.6 is 0 Å². The molecule has 0 aliphatic carbocycles. The molecule has 6 nitrogen and oxygen atoms in total.